The number of halogens is 1. The van der Waals surface area contributed by atoms with Crippen molar-refractivity contribution in [3.8, 4) is 0 Å². The highest BCUT2D eigenvalue weighted by molar-refractivity contribution is 7.07. The number of aromatic nitrogens is 1. The number of anilines is 1. The molecule has 96 valence electrons. The van der Waals surface area contributed by atoms with E-state index in [4.69, 9.17) is 0 Å². The van der Waals surface area contributed by atoms with Crippen LogP contribution in [0, 0.1) is 5.82 Å². The molecule has 0 aliphatic heterocycles. The van der Waals surface area contributed by atoms with Crippen LogP contribution in [-0.4, -0.2) is 19.1 Å². The Morgan fingerprint density at radius 3 is 2.94 bits per heavy atom. The van der Waals surface area contributed by atoms with Crippen LogP contribution in [0.2, 0.25) is 0 Å². The van der Waals surface area contributed by atoms with E-state index in [0.29, 0.717) is 18.7 Å². The topological polar surface area (TPSA) is 28.2 Å². The molecule has 5 heteroatoms. The van der Waals surface area contributed by atoms with E-state index in [-0.39, 0.29) is 5.82 Å². The summed E-state index contributed by atoms with van der Waals surface area (Å²) in [6.45, 7) is 1.20. The van der Waals surface area contributed by atoms with Crippen LogP contribution >= 0.6 is 11.3 Å². The van der Waals surface area contributed by atoms with Gasteiger partial charge in [0, 0.05) is 30.2 Å². The fourth-order valence-electron chi connectivity index (χ4n) is 1.90. The SMILES string of the molecule is CNCc1c(F)cccc1N(C)Cc1cscn1. The van der Waals surface area contributed by atoms with Gasteiger partial charge in [0.15, 0.2) is 0 Å². The fourth-order valence-corrected chi connectivity index (χ4v) is 2.45. The molecule has 1 aromatic carbocycles. The predicted octanol–water partition coefficient (Wildman–Crippen LogP) is 2.64. The summed E-state index contributed by atoms with van der Waals surface area (Å²) >= 11 is 1.57. The maximum absolute atomic E-state index is 13.8. The monoisotopic (exact) mass is 265 g/mol. The van der Waals surface area contributed by atoms with Crippen LogP contribution in [0.3, 0.4) is 0 Å². The van der Waals surface area contributed by atoms with Gasteiger partial charge < -0.3 is 10.2 Å². The van der Waals surface area contributed by atoms with Gasteiger partial charge in [0.2, 0.25) is 0 Å². The summed E-state index contributed by atoms with van der Waals surface area (Å²) in [6.07, 6.45) is 0. The van der Waals surface area contributed by atoms with Crippen molar-refractivity contribution >= 4 is 17.0 Å². The molecule has 0 fully saturated rings. The number of hydrogen-bond donors (Lipinski definition) is 1. The molecule has 0 bridgehead atoms. The summed E-state index contributed by atoms with van der Waals surface area (Å²) in [5.41, 5.74) is 4.40. The highest BCUT2D eigenvalue weighted by atomic mass is 32.1. The number of thiazole rings is 1. The lowest BCUT2D eigenvalue weighted by atomic mass is 10.1. The molecule has 0 unspecified atom stereocenters. The molecule has 2 rings (SSSR count). The predicted molar refractivity (Wildman–Crippen MR) is 73.4 cm³/mol. The van der Waals surface area contributed by atoms with Crippen molar-refractivity contribution in [2.24, 2.45) is 0 Å². The van der Waals surface area contributed by atoms with E-state index in [1.54, 1.807) is 17.4 Å². The van der Waals surface area contributed by atoms with Gasteiger partial charge in [-0.25, -0.2) is 9.37 Å². The Morgan fingerprint density at radius 2 is 2.28 bits per heavy atom. The second-order valence-corrected chi connectivity index (χ2v) is 4.82. The summed E-state index contributed by atoms with van der Waals surface area (Å²) < 4.78 is 13.8. The van der Waals surface area contributed by atoms with Crippen LogP contribution in [0.5, 0.6) is 0 Å². The Balaban J connectivity index is 2.23. The van der Waals surface area contributed by atoms with Crippen LogP contribution < -0.4 is 10.2 Å². The molecule has 0 saturated heterocycles. The zero-order valence-electron chi connectivity index (χ0n) is 10.5. The van der Waals surface area contributed by atoms with Crippen molar-refractivity contribution < 1.29 is 4.39 Å². The molecule has 18 heavy (non-hydrogen) atoms. The highest BCUT2D eigenvalue weighted by Crippen LogP contribution is 2.23. The van der Waals surface area contributed by atoms with Crippen LogP contribution in [0.4, 0.5) is 10.1 Å². The van der Waals surface area contributed by atoms with E-state index in [2.05, 4.69) is 10.3 Å². The standard InChI is InChI=1S/C13H16FN3S/c1-15-6-11-12(14)4-3-5-13(11)17(2)7-10-8-18-9-16-10/h3-5,8-9,15H,6-7H2,1-2H3. The van der Waals surface area contributed by atoms with E-state index in [9.17, 15) is 4.39 Å². The molecule has 1 aromatic heterocycles. The van der Waals surface area contributed by atoms with Crippen molar-refractivity contribution in [3.63, 3.8) is 0 Å². The van der Waals surface area contributed by atoms with Gasteiger partial charge in [-0.15, -0.1) is 11.3 Å². The largest absolute Gasteiger partial charge is 0.368 e. The first kappa shape index (κ1) is 13.0. The number of nitrogens with one attached hydrogen (secondary N) is 1. The smallest absolute Gasteiger partial charge is 0.129 e. The van der Waals surface area contributed by atoms with Crippen LogP contribution in [0.25, 0.3) is 0 Å². The number of nitrogens with zero attached hydrogens (tertiary/aromatic N) is 2. The minimum Gasteiger partial charge on any atom is -0.368 e. The summed E-state index contributed by atoms with van der Waals surface area (Å²) in [5.74, 6) is -0.174. The number of rotatable bonds is 5. The van der Waals surface area contributed by atoms with Crippen molar-refractivity contribution in [2.75, 3.05) is 19.0 Å². The van der Waals surface area contributed by atoms with Gasteiger partial charge in [-0.1, -0.05) is 6.07 Å². The van der Waals surface area contributed by atoms with Gasteiger partial charge in [0.05, 0.1) is 17.7 Å². The molecule has 0 amide bonds. The Morgan fingerprint density at radius 1 is 1.44 bits per heavy atom. The Kier molecular flexibility index (Phi) is 4.28. The molecule has 3 nitrogen and oxygen atoms in total. The van der Waals surface area contributed by atoms with Gasteiger partial charge >= 0.3 is 0 Å². The summed E-state index contributed by atoms with van der Waals surface area (Å²) in [4.78, 5) is 6.27. The molecule has 1 N–H and O–H groups in total. The minimum absolute atomic E-state index is 0.174. The maximum atomic E-state index is 13.8. The fraction of sp³-hybridized carbons (Fsp3) is 0.308. The first-order valence-electron chi connectivity index (χ1n) is 5.72. The molecule has 2 aromatic rings. The van der Waals surface area contributed by atoms with Crippen LogP contribution in [0.1, 0.15) is 11.3 Å². The molecule has 0 aliphatic rings. The zero-order chi connectivity index (χ0) is 13.0. The van der Waals surface area contributed by atoms with Gasteiger partial charge in [-0.2, -0.15) is 0 Å². The van der Waals surface area contributed by atoms with E-state index in [1.165, 1.54) is 6.07 Å². The highest BCUT2D eigenvalue weighted by Gasteiger charge is 2.12. The average Bonchev–Trinajstić information content (AvgIpc) is 2.84. The second-order valence-electron chi connectivity index (χ2n) is 4.10. The van der Waals surface area contributed by atoms with Crippen molar-refractivity contribution in [2.45, 2.75) is 13.1 Å². The zero-order valence-corrected chi connectivity index (χ0v) is 11.3. The molecule has 0 spiro atoms. The second kappa shape index (κ2) is 5.93. The third-order valence-corrected chi connectivity index (χ3v) is 3.38. The van der Waals surface area contributed by atoms with E-state index >= 15 is 0 Å². The molecular formula is C13H16FN3S. The lowest BCUT2D eigenvalue weighted by Crippen LogP contribution is -2.20. The van der Waals surface area contributed by atoms with Crippen LogP contribution in [0.15, 0.2) is 29.1 Å². The molecule has 0 saturated carbocycles. The lowest BCUT2D eigenvalue weighted by molar-refractivity contribution is 0.599. The minimum atomic E-state index is -0.174. The van der Waals surface area contributed by atoms with Gasteiger partial charge in [-0.05, 0) is 19.2 Å². The van der Waals surface area contributed by atoms with E-state index in [1.807, 2.05) is 36.0 Å². The number of hydrogen-bond acceptors (Lipinski definition) is 4. The molecule has 1 heterocycles. The molecule has 0 radical (unpaired) electrons. The van der Waals surface area contributed by atoms with Gasteiger partial charge in [-0.3, -0.25) is 0 Å². The van der Waals surface area contributed by atoms with Gasteiger partial charge in [0.25, 0.3) is 0 Å². The van der Waals surface area contributed by atoms with E-state index in [0.717, 1.165) is 11.4 Å². The van der Waals surface area contributed by atoms with Crippen LogP contribution in [-0.2, 0) is 13.1 Å². The van der Waals surface area contributed by atoms with E-state index < -0.39 is 0 Å². The van der Waals surface area contributed by atoms with Crippen molar-refractivity contribution in [1.82, 2.24) is 10.3 Å². The summed E-state index contributed by atoms with van der Waals surface area (Å²) in [6, 6.07) is 5.16. The quantitative estimate of drug-likeness (QED) is 0.901. The lowest BCUT2D eigenvalue weighted by Gasteiger charge is -2.22. The Labute approximate surface area is 110 Å². The van der Waals surface area contributed by atoms with Crippen molar-refractivity contribution in [1.29, 1.82) is 0 Å². The molecular weight excluding hydrogens is 249 g/mol. The third kappa shape index (κ3) is 2.86. The Hall–Kier alpha value is -1.46. The summed E-state index contributed by atoms with van der Waals surface area (Å²) in [5, 5.41) is 5.01. The molecule has 0 atom stereocenters. The third-order valence-electron chi connectivity index (χ3n) is 2.74. The first-order valence-corrected chi connectivity index (χ1v) is 6.67. The summed E-state index contributed by atoms with van der Waals surface area (Å²) in [7, 11) is 3.77. The normalized spacial score (nSPS) is 10.6. The van der Waals surface area contributed by atoms with Crippen molar-refractivity contribution in [3.05, 3.63) is 46.2 Å². The number of benzene rings is 1. The first-order chi connectivity index (χ1) is 8.72. The van der Waals surface area contributed by atoms with Gasteiger partial charge in [0.1, 0.15) is 5.82 Å². The average molecular weight is 265 g/mol. The Bertz CT molecular complexity index is 499. The maximum Gasteiger partial charge on any atom is 0.129 e. The molecule has 0 aliphatic carbocycles.